The topological polar surface area (TPSA) is 60.1 Å². The first-order valence-electron chi connectivity index (χ1n) is 7.74. The van der Waals surface area contributed by atoms with Crippen LogP contribution in [0.15, 0.2) is 59.2 Å². The fourth-order valence-electron chi connectivity index (χ4n) is 2.25. The van der Waals surface area contributed by atoms with Gasteiger partial charge in [-0.15, -0.1) is 11.3 Å². The van der Waals surface area contributed by atoms with Gasteiger partial charge in [0.1, 0.15) is 10.5 Å². The van der Waals surface area contributed by atoms with E-state index < -0.39 is 0 Å². The van der Waals surface area contributed by atoms with Gasteiger partial charge in [-0.25, -0.2) is 4.98 Å². The van der Waals surface area contributed by atoms with Crippen molar-refractivity contribution in [3.8, 4) is 10.7 Å². The van der Waals surface area contributed by atoms with E-state index in [1.165, 1.54) is 11.3 Å². The second-order valence-electron chi connectivity index (χ2n) is 5.58. The van der Waals surface area contributed by atoms with E-state index >= 15 is 0 Å². The van der Waals surface area contributed by atoms with Crippen molar-refractivity contribution >= 4 is 17.2 Å². The summed E-state index contributed by atoms with van der Waals surface area (Å²) in [5.41, 5.74) is 2.24. The summed E-state index contributed by atoms with van der Waals surface area (Å²) in [6, 6.07) is 11.4. The van der Waals surface area contributed by atoms with E-state index in [1.54, 1.807) is 17.0 Å². The zero-order chi connectivity index (χ0) is 16.9. The maximum atomic E-state index is 12.6. The van der Waals surface area contributed by atoms with E-state index in [4.69, 9.17) is 0 Å². The lowest BCUT2D eigenvalue weighted by molar-refractivity contribution is 0.0907. The summed E-state index contributed by atoms with van der Waals surface area (Å²) in [5, 5.41) is 2.73. The van der Waals surface area contributed by atoms with Crippen LogP contribution in [0.2, 0.25) is 0 Å². The Morgan fingerprint density at radius 1 is 1.25 bits per heavy atom. The first-order valence-corrected chi connectivity index (χ1v) is 8.62. The molecule has 0 saturated carbocycles. The van der Waals surface area contributed by atoms with Crippen LogP contribution < -0.4 is 5.49 Å². The molecule has 3 aromatic heterocycles. The predicted octanol–water partition coefficient (Wildman–Crippen LogP) is 3.20. The Kier molecular flexibility index (Phi) is 4.96. The predicted molar refractivity (Wildman–Crippen MR) is 94.8 cm³/mol. The number of hydrogen-bond donors (Lipinski definition) is 0. The molecule has 0 spiro atoms. The van der Waals surface area contributed by atoms with Gasteiger partial charge in [-0.05, 0) is 38.1 Å². The van der Waals surface area contributed by atoms with Gasteiger partial charge >= 0.3 is 0 Å². The molecule has 0 aromatic carbocycles. The molecular formula is C18H18N4OS. The van der Waals surface area contributed by atoms with Crippen LogP contribution in [0, 0.1) is 0 Å². The summed E-state index contributed by atoms with van der Waals surface area (Å²) >= 11 is 1.50. The fourth-order valence-corrected chi connectivity index (χ4v) is 3.05. The van der Waals surface area contributed by atoms with E-state index in [0.29, 0.717) is 5.49 Å². The lowest BCUT2D eigenvalue weighted by Crippen LogP contribution is -2.28. The number of hydrogen-bond acceptors (Lipinski definition) is 5. The molecular weight excluding hydrogens is 320 g/mol. The quantitative estimate of drug-likeness (QED) is 0.734. The van der Waals surface area contributed by atoms with E-state index in [2.05, 4.69) is 15.0 Å². The molecule has 0 saturated heterocycles. The second-order valence-corrected chi connectivity index (χ2v) is 6.44. The third-order valence-corrected chi connectivity index (χ3v) is 4.18. The number of carbonyl (C=O) groups excluding carboxylic acids is 1. The van der Waals surface area contributed by atoms with Gasteiger partial charge in [0.05, 0.1) is 17.8 Å². The number of carbonyl (C=O) groups is 1. The molecule has 0 aliphatic rings. The zero-order valence-corrected chi connectivity index (χ0v) is 14.4. The first-order chi connectivity index (χ1) is 11.6. The first kappa shape index (κ1) is 16.3. The van der Waals surface area contributed by atoms with E-state index in [1.807, 2.05) is 55.6 Å². The lowest BCUT2D eigenvalue weighted by Gasteiger charge is -2.06. The van der Waals surface area contributed by atoms with Crippen LogP contribution in [-0.2, 0) is 6.42 Å². The van der Waals surface area contributed by atoms with Crippen molar-refractivity contribution in [1.82, 2.24) is 14.5 Å². The summed E-state index contributed by atoms with van der Waals surface area (Å²) in [7, 11) is 0. The van der Waals surface area contributed by atoms with Crippen LogP contribution in [0.3, 0.4) is 0 Å². The monoisotopic (exact) mass is 338 g/mol. The van der Waals surface area contributed by atoms with Crippen LogP contribution in [0.4, 0.5) is 0 Å². The van der Waals surface area contributed by atoms with E-state index in [9.17, 15) is 4.79 Å². The van der Waals surface area contributed by atoms with Gasteiger partial charge in [-0.1, -0.05) is 12.1 Å². The minimum absolute atomic E-state index is 0.0483. The summed E-state index contributed by atoms with van der Waals surface area (Å²) < 4.78 is 1.58. The van der Waals surface area contributed by atoms with Crippen LogP contribution >= 0.6 is 11.3 Å². The van der Waals surface area contributed by atoms with E-state index in [-0.39, 0.29) is 18.4 Å². The summed E-state index contributed by atoms with van der Waals surface area (Å²) in [6.45, 7) is 3.97. The van der Waals surface area contributed by atoms with Crippen molar-refractivity contribution in [2.24, 2.45) is 4.99 Å². The number of rotatable bonds is 4. The van der Waals surface area contributed by atoms with Crippen molar-refractivity contribution in [3.63, 3.8) is 0 Å². The average Bonchev–Trinajstić information content (AvgIpc) is 3.04. The van der Waals surface area contributed by atoms with Crippen molar-refractivity contribution in [2.75, 3.05) is 0 Å². The molecule has 24 heavy (non-hydrogen) atoms. The van der Waals surface area contributed by atoms with Crippen molar-refractivity contribution in [1.29, 1.82) is 0 Å². The minimum Gasteiger partial charge on any atom is -0.274 e. The van der Waals surface area contributed by atoms with E-state index in [0.717, 1.165) is 16.4 Å². The molecule has 5 nitrogen and oxygen atoms in total. The highest BCUT2D eigenvalue weighted by molar-refractivity contribution is 7.13. The molecule has 0 aliphatic carbocycles. The highest BCUT2D eigenvalue weighted by atomic mass is 32.1. The third-order valence-electron chi connectivity index (χ3n) is 3.27. The Morgan fingerprint density at radius 3 is 2.83 bits per heavy atom. The Morgan fingerprint density at radius 2 is 2.08 bits per heavy atom. The molecule has 0 N–H and O–H groups in total. The van der Waals surface area contributed by atoms with Gasteiger partial charge in [-0.2, -0.15) is 0 Å². The van der Waals surface area contributed by atoms with Crippen LogP contribution in [0.5, 0.6) is 0 Å². The molecule has 3 aromatic rings. The van der Waals surface area contributed by atoms with Gasteiger partial charge in [0.15, 0.2) is 0 Å². The highest BCUT2D eigenvalue weighted by Crippen LogP contribution is 2.21. The maximum absolute atomic E-state index is 12.6. The molecule has 3 rings (SSSR count). The molecule has 0 amide bonds. The van der Waals surface area contributed by atoms with Crippen molar-refractivity contribution in [3.05, 3.63) is 65.4 Å². The molecule has 122 valence electrons. The molecule has 6 heteroatoms. The molecule has 0 unspecified atom stereocenters. The zero-order valence-electron chi connectivity index (χ0n) is 13.6. The minimum atomic E-state index is -0.0483. The van der Waals surface area contributed by atoms with Gasteiger partial charge in [-0.3, -0.25) is 19.3 Å². The van der Waals surface area contributed by atoms with Gasteiger partial charge < -0.3 is 0 Å². The largest absolute Gasteiger partial charge is 0.274 e. The van der Waals surface area contributed by atoms with Gasteiger partial charge in [0.2, 0.25) is 5.91 Å². The van der Waals surface area contributed by atoms with Crippen molar-refractivity contribution < 1.29 is 4.79 Å². The Bertz CT molecular complexity index is 896. The summed E-state index contributed by atoms with van der Waals surface area (Å²) in [6.07, 6.45) is 3.72. The normalized spacial score (nSPS) is 11.9. The molecule has 0 aliphatic heterocycles. The number of thiazole rings is 1. The van der Waals surface area contributed by atoms with Crippen molar-refractivity contribution in [2.45, 2.75) is 26.3 Å². The summed E-state index contributed by atoms with van der Waals surface area (Å²) in [4.78, 5) is 25.9. The van der Waals surface area contributed by atoms with Gasteiger partial charge in [0, 0.05) is 23.8 Å². The molecule has 3 heterocycles. The lowest BCUT2D eigenvalue weighted by atomic mass is 10.3. The maximum Gasteiger partial charge on any atom is 0.238 e. The summed E-state index contributed by atoms with van der Waals surface area (Å²) in [5.74, 6) is -0.0483. The molecule has 0 atom stereocenters. The number of nitrogens with zero attached hydrogens (tertiary/aromatic N) is 4. The number of aromatic nitrogens is 3. The Hall–Kier alpha value is -2.60. The average molecular weight is 338 g/mol. The number of pyridine rings is 2. The third kappa shape index (κ3) is 3.83. The van der Waals surface area contributed by atoms with Crippen LogP contribution in [0.25, 0.3) is 10.7 Å². The Labute approximate surface area is 144 Å². The van der Waals surface area contributed by atoms with Gasteiger partial charge in [0.25, 0.3) is 0 Å². The second kappa shape index (κ2) is 7.31. The van der Waals surface area contributed by atoms with Crippen LogP contribution in [0.1, 0.15) is 24.3 Å². The standard InChI is InChI=1S/C18H18N4OS/c1-13(2)20-16-8-4-6-10-22(16)17(23)11-14-12-24-18(21-14)15-7-3-5-9-19-15/h3-10,12-13H,11H2,1-2H3. The highest BCUT2D eigenvalue weighted by Gasteiger charge is 2.11. The fraction of sp³-hybridized carbons (Fsp3) is 0.222. The van der Waals surface area contributed by atoms with Crippen LogP contribution in [-0.4, -0.2) is 26.5 Å². The molecule has 0 fully saturated rings. The SMILES string of the molecule is CC(C)N=c1ccccn1C(=O)Cc1csc(-c2ccccn2)n1. The molecule has 0 radical (unpaired) electrons. The Balaban J connectivity index is 1.83. The molecule has 0 bridgehead atoms. The smallest absolute Gasteiger partial charge is 0.238 e.